The summed E-state index contributed by atoms with van der Waals surface area (Å²) >= 11 is 0. The molecular weight excluding hydrogens is 176 g/mol. The molecule has 0 spiro atoms. The van der Waals surface area contributed by atoms with Gasteiger partial charge in [0.1, 0.15) is 12.0 Å². The molecule has 0 atom stereocenters. The zero-order valence-electron chi connectivity index (χ0n) is 8.70. The van der Waals surface area contributed by atoms with Crippen molar-refractivity contribution in [2.24, 2.45) is 0 Å². The van der Waals surface area contributed by atoms with Gasteiger partial charge in [-0.05, 0) is 48.7 Å². The predicted molar refractivity (Wildman–Crippen MR) is 57.6 cm³/mol. The van der Waals surface area contributed by atoms with Crippen LogP contribution in [0.25, 0.3) is 6.08 Å². The largest absolute Gasteiger partial charge is 0.496 e. The molecule has 0 saturated heterocycles. The van der Waals surface area contributed by atoms with Gasteiger partial charge in [0.25, 0.3) is 0 Å². The zero-order valence-corrected chi connectivity index (χ0v) is 8.70. The van der Waals surface area contributed by atoms with E-state index in [4.69, 9.17) is 4.74 Å². The number of aryl methyl sites for hydroxylation is 2. The molecule has 74 valence electrons. The maximum Gasteiger partial charge on any atom is 0.142 e. The number of methoxy groups -OCH3 is 1. The number of aldehydes is 1. The predicted octanol–water partition coefficient (Wildman–Crippen LogP) is 2.52. The molecule has 1 aromatic rings. The highest BCUT2D eigenvalue weighted by molar-refractivity contribution is 5.74. The van der Waals surface area contributed by atoms with Crippen LogP contribution in [0.5, 0.6) is 5.75 Å². The second kappa shape index (κ2) is 4.61. The first-order chi connectivity index (χ1) is 6.69. The Morgan fingerprint density at radius 3 is 2.21 bits per heavy atom. The zero-order chi connectivity index (χ0) is 10.6. The van der Waals surface area contributed by atoms with Crippen molar-refractivity contribution in [2.45, 2.75) is 13.8 Å². The van der Waals surface area contributed by atoms with E-state index in [-0.39, 0.29) is 0 Å². The monoisotopic (exact) mass is 190 g/mol. The van der Waals surface area contributed by atoms with Crippen LogP contribution < -0.4 is 4.74 Å². The second-order valence-corrected chi connectivity index (χ2v) is 3.18. The highest BCUT2D eigenvalue weighted by atomic mass is 16.5. The fourth-order valence-electron chi connectivity index (χ4n) is 1.55. The minimum absolute atomic E-state index is 0.773. The van der Waals surface area contributed by atoms with Gasteiger partial charge in [-0.2, -0.15) is 0 Å². The van der Waals surface area contributed by atoms with Gasteiger partial charge in [0.2, 0.25) is 0 Å². The number of carbonyl (C=O) groups excluding carboxylic acids is 1. The van der Waals surface area contributed by atoms with Crippen molar-refractivity contribution in [3.8, 4) is 5.75 Å². The Labute approximate surface area is 84.2 Å². The molecule has 0 bridgehead atoms. The molecule has 2 nitrogen and oxygen atoms in total. The molecule has 0 aliphatic heterocycles. The summed E-state index contributed by atoms with van der Waals surface area (Å²) in [6, 6.07) is 3.98. The van der Waals surface area contributed by atoms with Gasteiger partial charge in [-0.1, -0.05) is 6.08 Å². The van der Waals surface area contributed by atoms with E-state index in [0.717, 1.165) is 28.7 Å². The van der Waals surface area contributed by atoms with Crippen LogP contribution in [0.1, 0.15) is 16.7 Å². The Morgan fingerprint density at radius 2 is 1.79 bits per heavy atom. The molecule has 0 unspecified atom stereocenters. The molecule has 0 aliphatic carbocycles. The minimum atomic E-state index is 0.773. The van der Waals surface area contributed by atoms with Crippen LogP contribution in [-0.4, -0.2) is 13.4 Å². The molecule has 0 heterocycles. The van der Waals surface area contributed by atoms with Crippen LogP contribution in [-0.2, 0) is 4.79 Å². The van der Waals surface area contributed by atoms with Gasteiger partial charge in [0, 0.05) is 0 Å². The molecule has 0 amide bonds. The van der Waals surface area contributed by atoms with Gasteiger partial charge in [-0.25, -0.2) is 0 Å². The average Bonchev–Trinajstić information content (AvgIpc) is 2.14. The first kappa shape index (κ1) is 10.5. The number of rotatable bonds is 3. The highest BCUT2D eigenvalue weighted by Crippen LogP contribution is 2.24. The molecule has 0 radical (unpaired) electrons. The maximum absolute atomic E-state index is 10.2. The summed E-state index contributed by atoms with van der Waals surface area (Å²) in [6.45, 7) is 3.98. The van der Waals surface area contributed by atoms with Crippen molar-refractivity contribution in [3.63, 3.8) is 0 Å². The van der Waals surface area contributed by atoms with Crippen LogP contribution in [0.15, 0.2) is 18.2 Å². The van der Waals surface area contributed by atoms with E-state index in [1.807, 2.05) is 26.0 Å². The lowest BCUT2D eigenvalue weighted by Gasteiger charge is -2.09. The third kappa shape index (κ3) is 2.22. The van der Waals surface area contributed by atoms with Crippen molar-refractivity contribution in [1.82, 2.24) is 0 Å². The lowest BCUT2D eigenvalue weighted by molar-refractivity contribution is -0.104. The lowest BCUT2D eigenvalue weighted by atomic mass is 10.1. The average molecular weight is 190 g/mol. The normalized spacial score (nSPS) is 10.5. The topological polar surface area (TPSA) is 26.3 Å². The molecule has 2 heteroatoms. The quantitative estimate of drug-likeness (QED) is 0.540. The summed E-state index contributed by atoms with van der Waals surface area (Å²) in [6.07, 6.45) is 4.04. The molecule has 0 aromatic heterocycles. The van der Waals surface area contributed by atoms with Crippen LogP contribution in [0.2, 0.25) is 0 Å². The third-order valence-electron chi connectivity index (χ3n) is 2.05. The van der Waals surface area contributed by atoms with Crippen molar-refractivity contribution in [1.29, 1.82) is 0 Å². The Morgan fingerprint density at radius 1 is 1.21 bits per heavy atom. The number of carbonyl (C=O) groups is 1. The fraction of sp³-hybridized carbons (Fsp3) is 0.250. The Bertz CT molecular complexity index is 342. The molecule has 0 saturated carbocycles. The van der Waals surface area contributed by atoms with Crippen LogP contribution >= 0.6 is 0 Å². The number of benzene rings is 1. The van der Waals surface area contributed by atoms with Crippen LogP contribution in [0, 0.1) is 13.8 Å². The lowest BCUT2D eigenvalue weighted by Crippen LogP contribution is -1.91. The van der Waals surface area contributed by atoms with Crippen molar-refractivity contribution in [3.05, 3.63) is 34.9 Å². The molecule has 1 rings (SSSR count). The van der Waals surface area contributed by atoms with Crippen LogP contribution in [0.3, 0.4) is 0 Å². The van der Waals surface area contributed by atoms with Gasteiger partial charge in [-0.15, -0.1) is 0 Å². The van der Waals surface area contributed by atoms with Crippen molar-refractivity contribution in [2.75, 3.05) is 7.11 Å². The summed E-state index contributed by atoms with van der Waals surface area (Å²) in [5, 5.41) is 0. The SMILES string of the molecule is COc1c(C)cc(/C=C/C=O)cc1C. The Balaban J connectivity index is 3.13. The second-order valence-electron chi connectivity index (χ2n) is 3.18. The van der Waals surface area contributed by atoms with Crippen molar-refractivity contribution >= 4 is 12.4 Å². The summed E-state index contributed by atoms with van der Waals surface area (Å²) < 4.78 is 5.24. The Hall–Kier alpha value is -1.57. The van der Waals surface area contributed by atoms with Gasteiger partial charge in [0.05, 0.1) is 7.11 Å². The van der Waals surface area contributed by atoms with Gasteiger partial charge in [0.15, 0.2) is 0 Å². The van der Waals surface area contributed by atoms with Gasteiger partial charge < -0.3 is 4.74 Å². The van der Waals surface area contributed by atoms with E-state index < -0.39 is 0 Å². The molecule has 14 heavy (non-hydrogen) atoms. The molecular formula is C12H14O2. The maximum atomic E-state index is 10.2. The molecule has 0 fully saturated rings. The Kier molecular flexibility index (Phi) is 3.46. The number of ether oxygens (including phenoxy) is 1. The summed E-state index contributed by atoms with van der Waals surface area (Å²) in [5.74, 6) is 0.910. The first-order valence-electron chi connectivity index (χ1n) is 4.46. The van der Waals surface area contributed by atoms with E-state index >= 15 is 0 Å². The summed E-state index contributed by atoms with van der Waals surface area (Å²) in [5.41, 5.74) is 3.18. The minimum Gasteiger partial charge on any atom is -0.496 e. The molecule has 0 N–H and O–H groups in total. The van der Waals surface area contributed by atoms with E-state index in [1.165, 1.54) is 6.08 Å². The third-order valence-corrected chi connectivity index (χ3v) is 2.05. The van der Waals surface area contributed by atoms with Crippen molar-refractivity contribution < 1.29 is 9.53 Å². The van der Waals surface area contributed by atoms with E-state index in [9.17, 15) is 4.79 Å². The number of hydrogen-bond donors (Lipinski definition) is 0. The van der Waals surface area contributed by atoms with E-state index in [1.54, 1.807) is 13.2 Å². The highest BCUT2D eigenvalue weighted by Gasteiger charge is 2.02. The smallest absolute Gasteiger partial charge is 0.142 e. The molecule has 0 aliphatic rings. The van der Waals surface area contributed by atoms with E-state index in [2.05, 4.69) is 0 Å². The summed E-state index contributed by atoms with van der Waals surface area (Å²) in [4.78, 5) is 10.2. The van der Waals surface area contributed by atoms with Gasteiger partial charge in [-0.3, -0.25) is 4.79 Å². The fourth-order valence-corrected chi connectivity index (χ4v) is 1.55. The van der Waals surface area contributed by atoms with Crippen LogP contribution in [0.4, 0.5) is 0 Å². The number of hydrogen-bond acceptors (Lipinski definition) is 2. The standard InChI is InChI=1S/C12H14O2/c1-9-7-11(5-4-6-13)8-10(2)12(9)14-3/h4-8H,1-3H3/b5-4+. The molecule has 1 aromatic carbocycles. The van der Waals surface area contributed by atoms with E-state index in [0.29, 0.717) is 0 Å². The van der Waals surface area contributed by atoms with Gasteiger partial charge >= 0.3 is 0 Å². The number of allylic oxidation sites excluding steroid dienone is 1. The first-order valence-corrected chi connectivity index (χ1v) is 4.46. The summed E-state index contributed by atoms with van der Waals surface area (Å²) in [7, 11) is 1.66.